The zero-order valence-electron chi connectivity index (χ0n) is 6.88. The Morgan fingerprint density at radius 3 is 1.86 bits per heavy atom. The van der Waals surface area contributed by atoms with Crippen molar-refractivity contribution in [3.05, 3.63) is 0 Å². The number of nitrogens with two attached hydrogens (primary N) is 1. The van der Waals surface area contributed by atoms with Crippen LogP contribution in [0, 0.1) is 5.92 Å². The summed E-state index contributed by atoms with van der Waals surface area (Å²) in [6, 6.07) is 0. The molecule has 2 unspecified atom stereocenters. The second-order valence-corrected chi connectivity index (χ2v) is 2.62. The number of aliphatic hydroxyl groups is 1. The van der Waals surface area contributed by atoms with Gasteiger partial charge in [0.15, 0.2) is 0 Å². The Morgan fingerprint density at radius 1 is 1.21 bits per heavy atom. The number of aliphatic carboxylic acids is 3. The Morgan fingerprint density at radius 2 is 1.64 bits per heavy atom. The van der Waals surface area contributed by atoms with E-state index in [0.717, 1.165) is 0 Å². The fourth-order valence-corrected chi connectivity index (χ4v) is 0.755. The van der Waals surface area contributed by atoms with E-state index in [2.05, 4.69) is 0 Å². The van der Waals surface area contributed by atoms with Gasteiger partial charge in [-0.1, -0.05) is 0 Å². The smallest absolute Gasteiger partial charge is 0.351 e. The van der Waals surface area contributed by atoms with Crippen molar-refractivity contribution >= 4 is 17.9 Å². The van der Waals surface area contributed by atoms with Gasteiger partial charge in [-0.05, 0) is 0 Å². The van der Waals surface area contributed by atoms with E-state index in [4.69, 9.17) is 26.2 Å². The highest BCUT2D eigenvalue weighted by Gasteiger charge is 2.46. The van der Waals surface area contributed by atoms with Crippen molar-refractivity contribution in [2.75, 3.05) is 0 Å². The normalized spacial score (nSPS) is 16.7. The lowest BCUT2D eigenvalue weighted by Crippen LogP contribution is -2.57. The third-order valence-corrected chi connectivity index (χ3v) is 1.55. The van der Waals surface area contributed by atoms with Crippen LogP contribution in [0.2, 0.25) is 0 Å². The molecule has 0 rings (SSSR count). The highest BCUT2D eigenvalue weighted by atomic mass is 16.4. The highest BCUT2D eigenvalue weighted by molar-refractivity contribution is 5.87. The molecule has 0 aliphatic carbocycles. The monoisotopic (exact) mass is 207 g/mol. The molecule has 0 amide bonds. The molecule has 0 aliphatic rings. The van der Waals surface area contributed by atoms with Crippen molar-refractivity contribution in [3.8, 4) is 0 Å². The molecule has 0 aromatic heterocycles. The highest BCUT2D eigenvalue weighted by Crippen LogP contribution is 2.16. The summed E-state index contributed by atoms with van der Waals surface area (Å²) in [5.41, 5.74) is 1.67. The van der Waals surface area contributed by atoms with Crippen molar-refractivity contribution in [2.45, 2.75) is 12.1 Å². The zero-order chi connectivity index (χ0) is 11.5. The van der Waals surface area contributed by atoms with Gasteiger partial charge in [-0.25, -0.2) is 4.79 Å². The number of carbonyl (C=O) groups is 3. The molecule has 0 bridgehead atoms. The fraction of sp³-hybridized carbons (Fsp3) is 0.500. The van der Waals surface area contributed by atoms with E-state index in [0.29, 0.717) is 0 Å². The molecule has 0 aromatic carbocycles. The van der Waals surface area contributed by atoms with Crippen LogP contribution in [-0.4, -0.2) is 44.1 Å². The van der Waals surface area contributed by atoms with Crippen molar-refractivity contribution in [3.63, 3.8) is 0 Å². The maximum atomic E-state index is 10.4. The molecule has 0 saturated carbocycles. The summed E-state index contributed by atoms with van der Waals surface area (Å²) in [4.78, 5) is 30.9. The molecule has 8 nitrogen and oxygen atoms in total. The Labute approximate surface area is 77.6 Å². The molecule has 0 spiro atoms. The van der Waals surface area contributed by atoms with E-state index >= 15 is 0 Å². The predicted molar refractivity (Wildman–Crippen MR) is 40.2 cm³/mol. The molecule has 14 heavy (non-hydrogen) atoms. The predicted octanol–water partition coefficient (Wildman–Crippen LogP) is -2.11. The van der Waals surface area contributed by atoms with E-state index in [1.807, 2.05) is 0 Å². The first kappa shape index (κ1) is 12.3. The number of carboxylic acids is 3. The van der Waals surface area contributed by atoms with Crippen LogP contribution < -0.4 is 5.73 Å². The van der Waals surface area contributed by atoms with Gasteiger partial charge in [0.25, 0.3) is 0 Å². The molecule has 0 saturated heterocycles. The lowest BCUT2D eigenvalue weighted by molar-refractivity contribution is -0.176. The van der Waals surface area contributed by atoms with Crippen molar-refractivity contribution in [2.24, 2.45) is 11.7 Å². The Kier molecular flexibility index (Phi) is 3.55. The zero-order valence-corrected chi connectivity index (χ0v) is 6.88. The molecule has 0 heterocycles. The van der Waals surface area contributed by atoms with Crippen LogP contribution in [0.3, 0.4) is 0 Å². The van der Waals surface area contributed by atoms with Gasteiger partial charge in [-0.3, -0.25) is 15.3 Å². The Bertz CT molecular complexity index is 271. The number of hydrogen-bond donors (Lipinski definition) is 5. The van der Waals surface area contributed by atoms with Gasteiger partial charge in [0.2, 0.25) is 5.72 Å². The number of hydrogen-bond acceptors (Lipinski definition) is 5. The lowest BCUT2D eigenvalue weighted by atomic mass is 9.93. The molecular weight excluding hydrogens is 198 g/mol. The topological polar surface area (TPSA) is 158 Å². The van der Waals surface area contributed by atoms with Crippen molar-refractivity contribution in [1.82, 2.24) is 0 Å². The lowest BCUT2D eigenvalue weighted by Gasteiger charge is -2.23. The molecule has 0 aliphatic heterocycles. The summed E-state index contributed by atoms with van der Waals surface area (Å²) in [6.45, 7) is 0. The first-order valence-corrected chi connectivity index (χ1v) is 3.38. The third kappa shape index (κ3) is 2.68. The minimum Gasteiger partial charge on any atom is -0.481 e. The van der Waals surface area contributed by atoms with E-state index < -0.39 is 36.0 Å². The van der Waals surface area contributed by atoms with Crippen molar-refractivity contribution in [1.29, 1.82) is 0 Å². The number of rotatable bonds is 5. The number of carboxylic acid groups (broad SMARTS) is 3. The fourth-order valence-electron chi connectivity index (χ4n) is 0.755. The van der Waals surface area contributed by atoms with Crippen LogP contribution >= 0.6 is 0 Å². The minimum atomic E-state index is -3.09. The van der Waals surface area contributed by atoms with Gasteiger partial charge in [0, 0.05) is 0 Å². The van der Waals surface area contributed by atoms with E-state index in [1.54, 1.807) is 0 Å². The molecule has 80 valence electrons. The third-order valence-electron chi connectivity index (χ3n) is 1.55. The van der Waals surface area contributed by atoms with Gasteiger partial charge in [0.05, 0.1) is 6.42 Å². The summed E-state index contributed by atoms with van der Waals surface area (Å²) in [5, 5.41) is 34.0. The molecule has 8 heteroatoms. The molecule has 6 N–H and O–H groups in total. The van der Waals surface area contributed by atoms with Crippen LogP contribution in [-0.2, 0) is 14.4 Å². The molecule has 0 radical (unpaired) electrons. The van der Waals surface area contributed by atoms with Crippen LogP contribution in [0.15, 0.2) is 0 Å². The van der Waals surface area contributed by atoms with Gasteiger partial charge in [-0.2, -0.15) is 0 Å². The summed E-state index contributed by atoms with van der Waals surface area (Å²) in [7, 11) is 0. The second kappa shape index (κ2) is 4.03. The Balaban J connectivity index is 4.91. The first-order valence-electron chi connectivity index (χ1n) is 3.38. The van der Waals surface area contributed by atoms with Gasteiger partial charge in [0.1, 0.15) is 5.92 Å². The summed E-state index contributed by atoms with van der Waals surface area (Å²) >= 11 is 0. The Hall–Kier alpha value is -1.67. The van der Waals surface area contributed by atoms with Crippen LogP contribution in [0.25, 0.3) is 0 Å². The summed E-state index contributed by atoms with van der Waals surface area (Å²) < 4.78 is 0. The molecular formula is C6H9NO7. The van der Waals surface area contributed by atoms with Gasteiger partial charge in [-0.15, -0.1) is 0 Å². The second-order valence-electron chi connectivity index (χ2n) is 2.62. The maximum Gasteiger partial charge on any atom is 0.351 e. The van der Waals surface area contributed by atoms with Crippen LogP contribution in [0.4, 0.5) is 0 Å². The van der Waals surface area contributed by atoms with Crippen LogP contribution in [0.5, 0.6) is 0 Å². The average molecular weight is 207 g/mol. The quantitative estimate of drug-likeness (QED) is 0.320. The van der Waals surface area contributed by atoms with Gasteiger partial charge >= 0.3 is 17.9 Å². The average Bonchev–Trinajstić information content (AvgIpc) is 1.98. The molecule has 0 aromatic rings. The standard InChI is InChI=1S/C6H9NO7/c7-6(14,5(12)13)2(4(10)11)1-3(8)9/h2,14H,1,7H2,(H,8,9)(H,10,11)(H,12,13). The first-order chi connectivity index (χ1) is 6.19. The molecule has 0 fully saturated rings. The van der Waals surface area contributed by atoms with E-state index in [1.165, 1.54) is 0 Å². The molecule has 2 atom stereocenters. The van der Waals surface area contributed by atoms with E-state index in [9.17, 15) is 14.4 Å². The largest absolute Gasteiger partial charge is 0.481 e. The maximum absolute atomic E-state index is 10.4. The SMILES string of the molecule is NC(O)(C(=O)O)C(CC(=O)O)C(=O)O. The summed E-state index contributed by atoms with van der Waals surface area (Å²) in [6.07, 6.45) is -1.07. The van der Waals surface area contributed by atoms with Crippen molar-refractivity contribution < 1.29 is 34.8 Å². The van der Waals surface area contributed by atoms with Crippen LogP contribution in [0.1, 0.15) is 6.42 Å². The van der Waals surface area contributed by atoms with Gasteiger partial charge < -0.3 is 20.4 Å². The summed E-state index contributed by atoms with van der Waals surface area (Å²) in [5.74, 6) is -7.45. The van der Waals surface area contributed by atoms with E-state index in [-0.39, 0.29) is 0 Å². The minimum absolute atomic E-state index is 1.07.